The Balaban J connectivity index is 0.000000229. The first-order valence-electron chi connectivity index (χ1n) is 13.4. The Kier molecular flexibility index (Phi) is 7.92. The molecule has 1 aliphatic carbocycles. The van der Waals surface area contributed by atoms with Gasteiger partial charge in [-0.2, -0.15) is 11.3 Å². The first-order valence-corrected chi connectivity index (χ1v) is 14.2. The molecule has 0 amide bonds. The molecule has 2 aromatic heterocycles. The van der Waals surface area contributed by atoms with Crippen LogP contribution in [-0.4, -0.2) is 15.9 Å². The first-order chi connectivity index (χ1) is 18.2. The number of ketones is 1. The Morgan fingerprint density at radius 1 is 0.900 bits per heavy atom. The zero-order valence-corrected chi connectivity index (χ0v) is 27.6. The fourth-order valence-electron chi connectivity index (χ4n) is 5.00. The van der Waals surface area contributed by atoms with Crippen LogP contribution in [0, 0.1) is 16.9 Å². The molecular formula is C35H36IrNO2S-. The first kappa shape index (κ1) is 30.1. The summed E-state index contributed by atoms with van der Waals surface area (Å²) in [6, 6.07) is 25.2. The van der Waals surface area contributed by atoms with Gasteiger partial charge in [-0.3, -0.25) is 9.78 Å². The molecular weight excluding hydrogens is 691 g/mol. The van der Waals surface area contributed by atoms with Crippen LogP contribution in [-0.2, 0) is 30.3 Å². The number of para-hydroxylation sites is 1. The van der Waals surface area contributed by atoms with E-state index in [1.54, 1.807) is 0 Å². The standard InChI is InChI=1S/C24H16NS.C11H20O2.Ir/c1-24(2)16-9-6-12-20-22(16)21-15(8-5-11-19(21)26-20)23-17(24)13-14-7-3-4-10-18(14)25-23;1-10(2,3)8(12)7-9(13)11(4,5)6;/h3-7,9-13H,1-2H3;7,12H,1-6H3;/q-1;;/b;8-7-;. The summed E-state index contributed by atoms with van der Waals surface area (Å²) in [7, 11) is 0. The molecule has 1 radical (unpaired) electrons. The number of carbonyl (C=O) groups is 1. The van der Waals surface area contributed by atoms with Gasteiger partial charge in [0.25, 0.3) is 0 Å². The van der Waals surface area contributed by atoms with Gasteiger partial charge in [-0.1, -0.05) is 103 Å². The molecule has 2 heterocycles. The van der Waals surface area contributed by atoms with Crippen LogP contribution in [0.3, 0.4) is 0 Å². The van der Waals surface area contributed by atoms with Crippen molar-refractivity contribution >= 4 is 48.2 Å². The summed E-state index contributed by atoms with van der Waals surface area (Å²) < 4.78 is 2.67. The number of hydrogen-bond acceptors (Lipinski definition) is 4. The zero-order chi connectivity index (χ0) is 28.3. The van der Waals surface area contributed by atoms with E-state index in [1.165, 1.54) is 42.8 Å². The number of aliphatic hydroxyl groups excluding tert-OH is 1. The fraction of sp³-hybridized carbons (Fsp3) is 0.314. The number of hydrogen-bond donors (Lipinski definition) is 1. The van der Waals surface area contributed by atoms with E-state index in [0.29, 0.717) is 0 Å². The number of rotatable bonds is 1. The number of allylic oxidation sites excluding steroid dienone is 2. The molecule has 0 bridgehead atoms. The molecule has 1 N–H and O–H groups in total. The van der Waals surface area contributed by atoms with Crippen LogP contribution in [0.15, 0.2) is 72.5 Å². The van der Waals surface area contributed by atoms with Gasteiger partial charge >= 0.3 is 0 Å². The Bertz CT molecular complexity index is 1780. The number of carbonyl (C=O) groups excluding carboxylic acids is 1. The van der Waals surface area contributed by atoms with Gasteiger partial charge in [-0.05, 0) is 38.9 Å². The zero-order valence-electron chi connectivity index (χ0n) is 24.4. The SMILES string of the molecule is CC(C)(C)C(=O)/C=C(\O)C(C)(C)C.CC1(C)c2cc3ccccc3nc2-c2[c-]ccc3sc4cccc1c4c23.[Ir]. The van der Waals surface area contributed by atoms with Gasteiger partial charge in [0.2, 0.25) is 0 Å². The second-order valence-corrected chi connectivity index (χ2v) is 14.1. The van der Waals surface area contributed by atoms with Crippen LogP contribution in [0.1, 0.15) is 66.5 Å². The molecule has 0 spiro atoms. The predicted molar refractivity (Wildman–Crippen MR) is 166 cm³/mol. The maximum atomic E-state index is 11.5. The molecule has 3 aromatic carbocycles. The van der Waals surface area contributed by atoms with Crippen molar-refractivity contribution in [3.05, 3.63) is 89.7 Å². The van der Waals surface area contributed by atoms with Crippen molar-refractivity contribution in [1.29, 1.82) is 0 Å². The summed E-state index contributed by atoms with van der Waals surface area (Å²) in [4.78, 5) is 16.6. The minimum atomic E-state index is -0.417. The van der Waals surface area contributed by atoms with E-state index in [4.69, 9.17) is 4.98 Å². The van der Waals surface area contributed by atoms with Crippen LogP contribution in [0.4, 0.5) is 0 Å². The third-order valence-corrected chi connectivity index (χ3v) is 8.66. The maximum absolute atomic E-state index is 11.5. The van der Waals surface area contributed by atoms with Gasteiger partial charge in [0.1, 0.15) is 5.76 Å². The van der Waals surface area contributed by atoms with Crippen molar-refractivity contribution in [1.82, 2.24) is 4.98 Å². The minimum absolute atomic E-state index is 0. The van der Waals surface area contributed by atoms with E-state index < -0.39 is 5.41 Å². The molecule has 209 valence electrons. The van der Waals surface area contributed by atoms with E-state index in [-0.39, 0.29) is 42.5 Å². The summed E-state index contributed by atoms with van der Waals surface area (Å²) in [6.07, 6.45) is 1.33. The van der Waals surface area contributed by atoms with Gasteiger partial charge in [-0.25, -0.2) is 0 Å². The second kappa shape index (κ2) is 10.5. The molecule has 1 aliphatic rings. The number of aliphatic hydroxyl groups is 1. The van der Waals surface area contributed by atoms with Gasteiger partial charge in [-0.15, -0.1) is 23.8 Å². The molecule has 0 aliphatic heterocycles. The van der Waals surface area contributed by atoms with Crippen molar-refractivity contribution in [2.45, 2.75) is 60.8 Å². The van der Waals surface area contributed by atoms with Crippen molar-refractivity contribution in [2.75, 3.05) is 0 Å². The normalized spacial score (nSPS) is 14.3. The third-order valence-electron chi connectivity index (χ3n) is 7.54. The molecule has 0 unspecified atom stereocenters. The summed E-state index contributed by atoms with van der Waals surface area (Å²) in [5.41, 5.74) is 5.06. The summed E-state index contributed by atoms with van der Waals surface area (Å²) in [5, 5.41) is 13.5. The van der Waals surface area contributed by atoms with Crippen molar-refractivity contribution in [3.8, 4) is 11.3 Å². The van der Waals surface area contributed by atoms with E-state index >= 15 is 0 Å². The quantitative estimate of drug-likeness (QED) is 0.106. The molecule has 3 nitrogen and oxygen atoms in total. The number of nitrogens with zero attached hydrogens (tertiary/aromatic N) is 1. The van der Waals surface area contributed by atoms with Crippen molar-refractivity contribution < 1.29 is 30.0 Å². The molecule has 0 fully saturated rings. The maximum Gasteiger partial charge on any atom is 0.164 e. The molecule has 0 saturated carbocycles. The third kappa shape index (κ3) is 5.28. The average molecular weight is 727 g/mol. The smallest absolute Gasteiger partial charge is 0.164 e. The van der Waals surface area contributed by atoms with Crippen molar-refractivity contribution in [3.63, 3.8) is 0 Å². The Labute approximate surface area is 254 Å². The van der Waals surface area contributed by atoms with Gasteiger partial charge in [0.15, 0.2) is 5.78 Å². The molecule has 5 aromatic rings. The van der Waals surface area contributed by atoms with Crippen LogP contribution in [0.5, 0.6) is 0 Å². The largest absolute Gasteiger partial charge is 0.512 e. The summed E-state index contributed by atoms with van der Waals surface area (Å²) >= 11 is 1.87. The number of aromatic nitrogens is 1. The summed E-state index contributed by atoms with van der Waals surface area (Å²) in [5.74, 6) is 0.104. The monoisotopic (exact) mass is 727 g/mol. The number of benzene rings is 3. The van der Waals surface area contributed by atoms with Gasteiger partial charge in [0.05, 0.1) is 5.52 Å². The molecule has 40 heavy (non-hydrogen) atoms. The van der Waals surface area contributed by atoms with Crippen molar-refractivity contribution in [2.24, 2.45) is 10.8 Å². The average Bonchev–Trinajstić information content (AvgIpc) is 3.22. The number of fused-ring (bicyclic) bond motifs is 3. The molecule has 5 heteroatoms. The Morgan fingerprint density at radius 2 is 1.57 bits per heavy atom. The Hall–Kier alpha value is -2.85. The molecule has 0 atom stereocenters. The number of pyridine rings is 1. The van der Waals surface area contributed by atoms with Crippen LogP contribution >= 0.6 is 11.3 Å². The molecule has 6 rings (SSSR count). The van der Waals surface area contributed by atoms with Crippen LogP contribution < -0.4 is 0 Å². The Morgan fingerprint density at radius 3 is 2.25 bits per heavy atom. The van der Waals surface area contributed by atoms with Gasteiger partial charge < -0.3 is 5.11 Å². The van der Waals surface area contributed by atoms with Crippen LogP contribution in [0.2, 0.25) is 0 Å². The van der Waals surface area contributed by atoms with E-state index in [1.807, 2.05) is 58.9 Å². The summed E-state index contributed by atoms with van der Waals surface area (Å²) in [6.45, 7) is 15.8. The van der Waals surface area contributed by atoms with Gasteiger partial charge in [0, 0.05) is 47.1 Å². The van der Waals surface area contributed by atoms with E-state index in [0.717, 1.165) is 16.8 Å². The fourth-order valence-corrected chi connectivity index (χ4v) is 6.14. The number of thiophene rings is 1. The van der Waals surface area contributed by atoms with E-state index in [9.17, 15) is 9.90 Å². The second-order valence-electron chi connectivity index (χ2n) is 13.0. The minimum Gasteiger partial charge on any atom is -0.512 e. The predicted octanol–water partition coefficient (Wildman–Crippen LogP) is 9.80. The van der Waals surface area contributed by atoms with Crippen LogP contribution in [0.25, 0.3) is 42.3 Å². The molecule has 0 saturated heterocycles. The van der Waals surface area contributed by atoms with E-state index in [2.05, 4.69) is 74.5 Å². The topological polar surface area (TPSA) is 50.2 Å².